The number of fused-ring (bicyclic) bond motifs is 3. The summed E-state index contributed by atoms with van der Waals surface area (Å²) in [6.45, 7) is 2.72. The van der Waals surface area contributed by atoms with Crippen LogP contribution in [0.4, 0.5) is 28.7 Å². The summed E-state index contributed by atoms with van der Waals surface area (Å²) in [7, 11) is 0. The smallest absolute Gasteiger partial charge is 0.166 e. The second-order valence-electron chi connectivity index (χ2n) is 6.45. The van der Waals surface area contributed by atoms with Gasteiger partial charge in [-0.15, -0.1) is 10.2 Å². The van der Waals surface area contributed by atoms with Crippen LogP contribution in [-0.2, 0) is 6.42 Å². The minimum atomic E-state index is 0.703. The highest BCUT2D eigenvalue weighted by Crippen LogP contribution is 2.49. The summed E-state index contributed by atoms with van der Waals surface area (Å²) in [5.74, 6) is 2.30. The minimum Gasteiger partial charge on any atom is -0.491 e. The summed E-state index contributed by atoms with van der Waals surface area (Å²) in [6, 6.07) is 12.0. The van der Waals surface area contributed by atoms with Crippen molar-refractivity contribution in [3.8, 4) is 5.75 Å². The topological polar surface area (TPSA) is 63.0 Å². The third-order valence-corrected chi connectivity index (χ3v) is 4.59. The number of pyridine rings is 2. The van der Waals surface area contributed by atoms with E-state index in [1.165, 1.54) is 5.56 Å². The number of aromatic nitrogens is 2. The lowest BCUT2D eigenvalue weighted by molar-refractivity contribution is 0.289. The van der Waals surface area contributed by atoms with E-state index >= 15 is 0 Å². The molecule has 4 heterocycles. The molecular weight excluding hydrogens is 326 g/mol. The maximum Gasteiger partial charge on any atom is 0.166 e. The number of anilines is 3. The molecule has 26 heavy (non-hydrogen) atoms. The van der Waals surface area contributed by atoms with Crippen LogP contribution < -0.4 is 9.64 Å². The molecule has 1 aromatic carbocycles. The largest absolute Gasteiger partial charge is 0.491 e. The molecule has 6 heteroatoms. The SMILES string of the molecule is Cc1cnc2c(c1)N=Nc1cccnc1N2c1cccc2c1OCCC2. The van der Waals surface area contributed by atoms with Gasteiger partial charge in [-0.2, -0.15) is 0 Å². The molecule has 0 saturated carbocycles. The Bertz CT molecular complexity index is 1030. The molecule has 2 aromatic heterocycles. The van der Waals surface area contributed by atoms with Crippen LogP contribution in [0, 0.1) is 6.92 Å². The predicted molar refractivity (Wildman–Crippen MR) is 99.4 cm³/mol. The molecule has 2 aliphatic heterocycles. The van der Waals surface area contributed by atoms with Crippen LogP contribution >= 0.6 is 0 Å². The summed E-state index contributed by atoms with van der Waals surface area (Å²) in [5.41, 5.74) is 4.59. The van der Waals surface area contributed by atoms with E-state index in [9.17, 15) is 0 Å². The Morgan fingerprint density at radius 3 is 2.85 bits per heavy atom. The van der Waals surface area contributed by atoms with E-state index in [4.69, 9.17) is 4.74 Å². The normalized spacial score (nSPS) is 14.7. The van der Waals surface area contributed by atoms with E-state index < -0.39 is 0 Å². The molecule has 3 aromatic rings. The van der Waals surface area contributed by atoms with Gasteiger partial charge in [-0.3, -0.25) is 4.90 Å². The molecule has 0 spiro atoms. The van der Waals surface area contributed by atoms with Gasteiger partial charge in [0, 0.05) is 12.4 Å². The first kappa shape index (κ1) is 15.0. The van der Waals surface area contributed by atoms with Crippen molar-refractivity contribution in [2.45, 2.75) is 19.8 Å². The number of azo groups is 1. The predicted octanol–water partition coefficient (Wildman–Crippen LogP) is 5.31. The summed E-state index contributed by atoms with van der Waals surface area (Å²) in [5, 5.41) is 8.81. The second-order valence-corrected chi connectivity index (χ2v) is 6.45. The number of hydrogen-bond acceptors (Lipinski definition) is 6. The van der Waals surface area contributed by atoms with E-state index in [1.54, 1.807) is 6.20 Å². The highest BCUT2D eigenvalue weighted by Gasteiger charge is 2.28. The Morgan fingerprint density at radius 2 is 1.88 bits per heavy atom. The highest BCUT2D eigenvalue weighted by molar-refractivity contribution is 5.87. The van der Waals surface area contributed by atoms with Crippen molar-refractivity contribution in [1.29, 1.82) is 0 Å². The summed E-state index contributed by atoms with van der Waals surface area (Å²) >= 11 is 0. The maximum atomic E-state index is 6.04. The molecule has 0 unspecified atom stereocenters. The van der Waals surface area contributed by atoms with Gasteiger partial charge in [0.1, 0.15) is 17.1 Å². The zero-order chi connectivity index (χ0) is 17.5. The summed E-state index contributed by atoms with van der Waals surface area (Å²) < 4.78 is 6.04. The number of aryl methyl sites for hydroxylation is 2. The van der Waals surface area contributed by atoms with Gasteiger partial charge in [-0.25, -0.2) is 9.97 Å². The molecule has 0 amide bonds. The lowest BCUT2D eigenvalue weighted by atomic mass is 10.0. The molecule has 2 aliphatic rings. The Morgan fingerprint density at radius 1 is 1.00 bits per heavy atom. The fraction of sp³-hybridized carbons (Fsp3) is 0.200. The van der Waals surface area contributed by atoms with Crippen LogP contribution in [0.2, 0.25) is 0 Å². The minimum absolute atomic E-state index is 0.703. The van der Waals surface area contributed by atoms with Crippen LogP contribution in [0.1, 0.15) is 17.5 Å². The van der Waals surface area contributed by atoms with Gasteiger partial charge in [0.15, 0.2) is 11.6 Å². The molecule has 0 radical (unpaired) electrons. The zero-order valence-corrected chi connectivity index (χ0v) is 14.4. The van der Waals surface area contributed by atoms with Gasteiger partial charge in [0.05, 0.1) is 12.3 Å². The van der Waals surface area contributed by atoms with Crippen LogP contribution in [0.25, 0.3) is 0 Å². The van der Waals surface area contributed by atoms with Crippen molar-refractivity contribution in [3.63, 3.8) is 0 Å². The fourth-order valence-corrected chi connectivity index (χ4v) is 3.42. The molecule has 0 N–H and O–H groups in total. The molecular formula is C20H17N5O. The van der Waals surface area contributed by atoms with Gasteiger partial charge >= 0.3 is 0 Å². The molecule has 6 nitrogen and oxygen atoms in total. The number of benzene rings is 1. The van der Waals surface area contributed by atoms with Crippen molar-refractivity contribution in [3.05, 3.63) is 59.9 Å². The number of para-hydroxylation sites is 1. The first-order valence-electron chi connectivity index (χ1n) is 8.69. The highest BCUT2D eigenvalue weighted by atomic mass is 16.5. The van der Waals surface area contributed by atoms with Crippen LogP contribution in [0.15, 0.2) is 59.0 Å². The first-order chi connectivity index (χ1) is 12.8. The Hall–Kier alpha value is -3.28. The van der Waals surface area contributed by atoms with Crippen LogP contribution in [0.3, 0.4) is 0 Å². The average Bonchev–Trinajstić information content (AvgIpc) is 2.84. The van der Waals surface area contributed by atoms with Gasteiger partial charge in [-0.05, 0) is 55.2 Å². The lowest BCUT2D eigenvalue weighted by Crippen LogP contribution is -2.17. The third kappa shape index (κ3) is 2.34. The van der Waals surface area contributed by atoms with Crippen LogP contribution in [-0.4, -0.2) is 16.6 Å². The molecule has 128 valence electrons. The fourth-order valence-electron chi connectivity index (χ4n) is 3.42. The van der Waals surface area contributed by atoms with Crippen molar-refractivity contribution in [2.75, 3.05) is 11.5 Å². The number of hydrogen-bond donors (Lipinski definition) is 0. The molecule has 0 bridgehead atoms. The molecule has 0 aliphatic carbocycles. The monoisotopic (exact) mass is 343 g/mol. The van der Waals surface area contributed by atoms with Crippen molar-refractivity contribution >= 4 is 28.7 Å². The van der Waals surface area contributed by atoms with E-state index in [1.807, 2.05) is 42.3 Å². The van der Waals surface area contributed by atoms with Gasteiger partial charge in [0.2, 0.25) is 0 Å². The van der Waals surface area contributed by atoms with Crippen molar-refractivity contribution in [2.24, 2.45) is 10.2 Å². The standard InChI is InChI=1S/C20H17N5O/c1-13-11-16-20(22-12-13)25(19-15(23-24-16)7-3-9-21-19)17-8-2-5-14-6-4-10-26-18(14)17/h2-3,5,7-9,11-12H,4,6,10H2,1H3. The number of nitrogens with zero attached hydrogens (tertiary/aromatic N) is 5. The van der Waals surface area contributed by atoms with Gasteiger partial charge < -0.3 is 4.74 Å². The maximum absolute atomic E-state index is 6.04. The molecule has 5 rings (SSSR count). The summed E-state index contributed by atoms with van der Waals surface area (Å²) in [6.07, 6.45) is 5.64. The quantitative estimate of drug-likeness (QED) is 0.470. The molecule has 0 atom stereocenters. The lowest BCUT2D eigenvalue weighted by Gasteiger charge is -2.28. The Kier molecular flexibility index (Phi) is 3.41. The Balaban J connectivity index is 1.80. The van der Waals surface area contributed by atoms with Crippen molar-refractivity contribution in [1.82, 2.24) is 9.97 Å². The average molecular weight is 343 g/mol. The molecule has 0 saturated heterocycles. The van der Waals surface area contributed by atoms with E-state index in [-0.39, 0.29) is 0 Å². The molecule has 0 fully saturated rings. The van der Waals surface area contributed by atoms with Crippen LogP contribution in [0.5, 0.6) is 5.75 Å². The Labute approximate surface area is 151 Å². The van der Waals surface area contributed by atoms with Gasteiger partial charge in [-0.1, -0.05) is 12.1 Å². The number of rotatable bonds is 1. The van der Waals surface area contributed by atoms with Gasteiger partial charge in [0.25, 0.3) is 0 Å². The van der Waals surface area contributed by atoms with E-state index in [0.29, 0.717) is 17.3 Å². The van der Waals surface area contributed by atoms with E-state index in [2.05, 4.69) is 32.3 Å². The third-order valence-electron chi connectivity index (χ3n) is 4.59. The van der Waals surface area contributed by atoms with E-state index in [0.717, 1.165) is 42.1 Å². The van der Waals surface area contributed by atoms with Crippen molar-refractivity contribution < 1.29 is 4.74 Å². The summed E-state index contributed by atoms with van der Waals surface area (Å²) in [4.78, 5) is 11.3. The number of ether oxygens (including phenoxy) is 1. The zero-order valence-electron chi connectivity index (χ0n) is 14.4. The second kappa shape index (κ2) is 5.91. The first-order valence-corrected chi connectivity index (χ1v) is 8.69.